The lowest BCUT2D eigenvalue weighted by atomic mass is 10.2. The fourth-order valence-corrected chi connectivity index (χ4v) is 4.18. The van der Waals surface area contributed by atoms with Crippen molar-refractivity contribution in [1.29, 1.82) is 0 Å². The number of carbonyl (C=O) groups excluding carboxylic acids is 3. The number of nitrogens with one attached hydrogen (secondary N) is 1. The monoisotopic (exact) mass is 440 g/mol. The van der Waals surface area contributed by atoms with E-state index in [1.807, 2.05) is 30.3 Å². The van der Waals surface area contributed by atoms with Gasteiger partial charge in [-0.3, -0.25) is 19.3 Å². The van der Waals surface area contributed by atoms with E-state index in [0.717, 1.165) is 23.0 Å². The van der Waals surface area contributed by atoms with E-state index < -0.39 is 0 Å². The maximum atomic E-state index is 12.8. The zero-order valence-electron chi connectivity index (χ0n) is 16.0. The summed E-state index contributed by atoms with van der Waals surface area (Å²) in [4.78, 5) is 37.5. The van der Waals surface area contributed by atoms with E-state index in [9.17, 15) is 14.4 Å². The average Bonchev–Trinajstić information content (AvgIpc) is 3.22. The molecule has 0 aliphatic carbocycles. The molecule has 2 heterocycles. The van der Waals surface area contributed by atoms with Gasteiger partial charge in [0.1, 0.15) is 10.7 Å². The predicted octanol–water partition coefficient (Wildman–Crippen LogP) is 4.28. The van der Waals surface area contributed by atoms with Crippen molar-refractivity contribution in [2.24, 2.45) is 0 Å². The van der Waals surface area contributed by atoms with Crippen molar-refractivity contribution in [2.45, 2.75) is 13.5 Å². The van der Waals surface area contributed by atoms with Crippen LogP contribution < -0.4 is 5.32 Å². The Morgan fingerprint density at radius 2 is 1.83 bits per heavy atom. The summed E-state index contributed by atoms with van der Waals surface area (Å²) >= 11 is 7.45. The Balaban J connectivity index is 1.49. The SMILES string of the molecule is Cc1nn(-c2ccccc2)c(Cl)c1C(=O)Nc1ccc(CN2C(=O)CSC2=O)cc1. The molecule has 0 atom stereocenters. The first-order valence-corrected chi connectivity index (χ1v) is 10.5. The number of aryl methyl sites for hydroxylation is 1. The van der Waals surface area contributed by atoms with Crippen molar-refractivity contribution >= 4 is 46.1 Å². The number of nitrogens with zero attached hydrogens (tertiary/aromatic N) is 3. The van der Waals surface area contributed by atoms with Gasteiger partial charge in [-0.1, -0.05) is 53.7 Å². The summed E-state index contributed by atoms with van der Waals surface area (Å²) in [6.07, 6.45) is 0. The average molecular weight is 441 g/mol. The number of benzene rings is 2. The number of halogens is 1. The third-order valence-electron chi connectivity index (χ3n) is 4.62. The fraction of sp³-hybridized carbons (Fsp3) is 0.143. The second-order valence-corrected chi connectivity index (χ2v) is 7.97. The molecule has 0 radical (unpaired) electrons. The van der Waals surface area contributed by atoms with Crippen LogP contribution in [0.4, 0.5) is 10.5 Å². The molecule has 9 heteroatoms. The highest BCUT2D eigenvalue weighted by molar-refractivity contribution is 8.14. The summed E-state index contributed by atoms with van der Waals surface area (Å²) in [5.41, 5.74) is 2.94. The van der Waals surface area contributed by atoms with Gasteiger partial charge in [0.25, 0.3) is 11.1 Å². The molecule has 1 fully saturated rings. The normalized spacial score (nSPS) is 13.7. The zero-order chi connectivity index (χ0) is 21.3. The van der Waals surface area contributed by atoms with E-state index in [-0.39, 0.29) is 34.5 Å². The van der Waals surface area contributed by atoms with Crippen molar-refractivity contribution in [2.75, 3.05) is 11.1 Å². The Kier molecular flexibility index (Phi) is 5.61. The van der Waals surface area contributed by atoms with Crippen LogP contribution in [0.5, 0.6) is 0 Å². The summed E-state index contributed by atoms with van der Waals surface area (Å²) in [6, 6.07) is 16.3. The van der Waals surface area contributed by atoms with Crippen LogP contribution >= 0.6 is 23.4 Å². The van der Waals surface area contributed by atoms with Crippen LogP contribution in [0, 0.1) is 6.92 Å². The van der Waals surface area contributed by atoms with E-state index in [4.69, 9.17) is 11.6 Å². The minimum Gasteiger partial charge on any atom is -0.322 e. The molecule has 1 aliphatic rings. The molecule has 3 aromatic rings. The minimum absolute atomic E-state index is 0.184. The number of carbonyl (C=O) groups is 3. The van der Waals surface area contributed by atoms with Gasteiger partial charge in [0.15, 0.2) is 0 Å². The number of para-hydroxylation sites is 1. The van der Waals surface area contributed by atoms with Gasteiger partial charge >= 0.3 is 0 Å². The lowest BCUT2D eigenvalue weighted by Gasteiger charge is -2.13. The first-order valence-electron chi connectivity index (χ1n) is 9.12. The number of imide groups is 1. The van der Waals surface area contributed by atoms with Gasteiger partial charge in [0, 0.05) is 5.69 Å². The molecule has 4 rings (SSSR count). The summed E-state index contributed by atoms with van der Waals surface area (Å²) in [6.45, 7) is 1.94. The Bertz CT molecular complexity index is 1110. The molecule has 1 aliphatic heterocycles. The lowest BCUT2D eigenvalue weighted by molar-refractivity contribution is -0.125. The Morgan fingerprint density at radius 3 is 2.47 bits per heavy atom. The number of thioether (sulfide) groups is 1. The topological polar surface area (TPSA) is 84.3 Å². The van der Waals surface area contributed by atoms with Crippen molar-refractivity contribution in [1.82, 2.24) is 14.7 Å². The maximum Gasteiger partial charge on any atom is 0.289 e. The molecule has 0 bridgehead atoms. The highest BCUT2D eigenvalue weighted by Gasteiger charge is 2.29. The van der Waals surface area contributed by atoms with Crippen molar-refractivity contribution in [3.05, 3.63) is 76.6 Å². The number of aromatic nitrogens is 2. The summed E-state index contributed by atoms with van der Waals surface area (Å²) in [7, 11) is 0. The Morgan fingerprint density at radius 1 is 1.13 bits per heavy atom. The van der Waals surface area contributed by atoms with Gasteiger partial charge in [-0.05, 0) is 36.8 Å². The van der Waals surface area contributed by atoms with Gasteiger partial charge in [-0.25, -0.2) is 4.68 Å². The molecule has 30 heavy (non-hydrogen) atoms. The second-order valence-electron chi connectivity index (χ2n) is 6.68. The number of hydrogen-bond donors (Lipinski definition) is 1. The Labute approximate surface area is 182 Å². The van der Waals surface area contributed by atoms with E-state index in [2.05, 4.69) is 10.4 Å². The third kappa shape index (κ3) is 3.96. The second kappa shape index (κ2) is 8.33. The molecule has 152 valence electrons. The zero-order valence-corrected chi connectivity index (χ0v) is 17.5. The van der Waals surface area contributed by atoms with E-state index in [0.29, 0.717) is 16.9 Å². The van der Waals surface area contributed by atoms with Crippen LogP contribution in [-0.4, -0.2) is 37.5 Å². The van der Waals surface area contributed by atoms with Crippen LogP contribution in [-0.2, 0) is 11.3 Å². The smallest absolute Gasteiger partial charge is 0.289 e. The molecule has 0 spiro atoms. The highest BCUT2D eigenvalue weighted by Crippen LogP contribution is 2.25. The first kappa shape index (κ1) is 20.2. The van der Waals surface area contributed by atoms with Crippen molar-refractivity contribution in [3.8, 4) is 5.69 Å². The third-order valence-corrected chi connectivity index (χ3v) is 5.83. The molecule has 7 nitrogen and oxygen atoms in total. The maximum absolute atomic E-state index is 12.8. The molecular weight excluding hydrogens is 424 g/mol. The van der Waals surface area contributed by atoms with E-state index >= 15 is 0 Å². The van der Waals surface area contributed by atoms with Gasteiger partial charge in [-0.2, -0.15) is 5.10 Å². The van der Waals surface area contributed by atoms with E-state index in [1.54, 1.807) is 31.2 Å². The molecule has 3 amide bonds. The molecule has 1 N–H and O–H groups in total. The minimum atomic E-state index is -0.367. The summed E-state index contributed by atoms with van der Waals surface area (Å²) < 4.78 is 1.52. The molecule has 2 aromatic carbocycles. The number of anilines is 1. The summed E-state index contributed by atoms with van der Waals surface area (Å²) in [5.74, 6) is -0.374. The summed E-state index contributed by atoms with van der Waals surface area (Å²) in [5, 5.41) is 7.19. The number of amides is 3. The molecule has 1 aromatic heterocycles. The molecular formula is C21H17ClN4O3S. The van der Waals surface area contributed by atoms with Crippen LogP contribution in [0.25, 0.3) is 5.69 Å². The van der Waals surface area contributed by atoms with Crippen molar-refractivity contribution in [3.63, 3.8) is 0 Å². The fourth-order valence-electron chi connectivity index (χ4n) is 3.10. The predicted molar refractivity (Wildman–Crippen MR) is 116 cm³/mol. The van der Waals surface area contributed by atoms with Crippen LogP contribution in [0.1, 0.15) is 21.6 Å². The van der Waals surface area contributed by atoms with Crippen molar-refractivity contribution < 1.29 is 14.4 Å². The number of hydrogen-bond acceptors (Lipinski definition) is 5. The number of rotatable bonds is 5. The first-order chi connectivity index (χ1) is 14.4. The van der Waals surface area contributed by atoms with Gasteiger partial charge in [0.2, 0.25) is 5.91 Å². The van der Waals surface area contributed by atoms with Gasteiger partial charge in [-0.15, -0.1) is 0 Å². The van der Waals surface area contributed by atoms with Crippen LogP contribution in [0.3, 0.4) is 0 Å². The highest BCUT2D eigenvalue weighted by atomic mass is 35.5. The largest absolute Gasteiger partial charge is 0.322 e. The molecule has 1 saturated heterocycles. The van der Waals surface area contributed by atoms with Crippen LogP contribution in [0.15, 0.2) is 54.6 Å². The van der Waals surface area contributed by atoms with Gasteiger partial charge in [0.05, 0.1) is 23.7 Å². The quantitative estimate of drug-likeness (QED) is 0.640. The molecule has 0 unspecified atom stereocenters. The standard InChI is InChI=1S/C21H17ClN4O3S/c1-13-18(19(22)26(24-13)16-5-3-2-4-6-16)20(28)23-15-9-7-14(8-10-15)11-25-17(27)12-30-21(25)29/h2-10H,11-12H2,1H3,(H,23,28). The van der Waals surface area contributed by atoms with Crippen LogP contribution in [0.2, 0.25) is 5.15 Å². The van der Waals surface area contributed by atoms with Gasteiger partial charge < -0.3 is 5.32 Å². The molecule has 0 saturated carbocycles. The lowest BCUT2D eigenvalue weighted by Crippen LogP contribution is -2.27. The Hall–Kier alpha value is -3.10. The van der Waals surface area contributed by atoms with E-state index in [1.165, 1.54) is 9.58 Å².